The van der Waals surface area contributed by atoms with Gasteiger partial charge < -0.3 is 9.80 Å². The molecule has 134 valence electrons. The van der Waals surface area contributed by atoms with Crippen molar-refractivity contribution < 1.29 is 9.59 Å². The number of carbonyl (C=O) groups is 2. The molecule has 1 spiro atoms. The molecule has 4 nitrogen and oxygen atoms in total. The van der Waals surface area contributed by atoms with Crippen LogP contribution >= 0.6 is 11.6 Å². The van der Waals surface area contributed by atoms with E-state index in [9.17, 15) is 9.59 Å². The summed E-state index contributed by atoms with van der Waals surface area (Å²) in [6.45, 7) is 4.67. The third-order valence-electron chi connectivity index (χ3n) is 6.35. The second kappa shape index (κ2) is 6.31. The van der Waals surface area contributed by atoms with E-state index >= 15 is 0 Å². The van der Waals surface area contributed by atoms with Gasteiger partial charge in [0.25, 0.3) is 5.91 Å². The lowest BCUT2D eigenvalue weighted by atomic mass is 9.79. The molecular weight excluding hydrogens is 336 g/mol. The van der Waals surface area contributed by atoms with Gasteiger partial charge in [-0.1, -0.05) is 18.0 Å². The van der Waals surface area contributed by atoms with Crippen molar-refractivity contribution in [2.24, 2.45) is 11.3 Å². The summed E-state index contributed by atoms with van der Waals surface area (Å²) in [6.07, 6.45) is 5.70. The van der Waals surface area contributed by atoms with Gasteiger partial charge in [-0.2, -0.15) is 0 Å². The Morgan fingerprint density at radius 3 is 2.44 bits per heavy atom. The highest BCUT2D eigenvalue weighted by Gasteiger charge is 2.61. The smallest absolute Gasteiger partial charge is 0.254 e. The van der Waals surface area contributed by atoms with Crippen molar-refractivity contribution in [3.05, 3.63) is 34.3 Å². The van der Waals surface area contributed by atoms with Crippen LogP contribution in [0.2, 0.25) is 5.02 Å². The molecule has 2 saturated carbocycles. The van der Waals surface area contributed by atoms with Crippen molar-refractivity contribution >= 4 is 23.4 Å². The summed E-state index contributed by atoms with van der Waals surface area (Å²) < 4.78 is 0. The molecule has 25 heavy (non-hydrogen) atoms. The first-order valence-corrected chi connectivity index (χ1v) is 9.72. The first-order valence-electron chi connectivity index (χ1n) is 9.34. The Balaban J connectivity index is 1.39. The van der Waals surface area contributed by atoms with Gasteiger partial charge in [0.2, 0.25) is 5.91 Å². The number of aryl methyl sites for hydroxylation is 1. The zero-order valence-corrected chi connectivity index (χ0v) is 15.5. The second-order valence-corrected chi connectivity index (χ2v) is 8.34. The van der Waals surface area contributed by atoms with Crippen LogP contribution in [0.15, 0.2) is 18.2 Å². The maximum atomic E-state index is 12.8. The fourth-order valence-electron chi connectivity index (χ4n) is 4.48. The maximum Gasteiger partial charge on any atom is 0.254 e. The van der Waals surface area contributed by atoms with E-state index in [1.807, 2.05) is 22.8 Å². The van der Waals surface area contributed by atoms with Crippen LogP contribution in [0.4, 0.5) is 0 Å². The standard InChI is InChI=1S/C20H25ClN2O2/c1-14-12-15(21)4-5-16(14)18(24)22-8-3-9-23(11-10-22)19(25)17-13-20(17)6-2-7-20/h4-5,12,17H,2-3,6-11,13H2,1H3. The Hall–Kier alpha value is -1.55. The molecule has 3 aliphatic rings. The molecule has 0 aromatic heterocycles. The largest absolute Gasteiger partial charge is 0.341 e. The van der Waals surface area contributed by atoms with E-state index in [-0.39, 0.29) is 11.8 Å². The molecule has 1 unspecified atom stereocenters. The topological polar surface area (TPSA) is 40.6 Å². The third-order valence-corrected chi connectivity index (χ3v) is 6.59. The summed E-state index contributed by atoms with van der Waals surface area (Å²) >= 11 is 5.99. The second-order valence-electron chi connectivity index (χ2n) is 7.90. The number of hydrogen-bond acceptors (Lipinski definition) is 2. The van der Waals surface area contributed by atoms with Gasteiger partial charge in [0.1, 0.15) is 0 Å². The molecular formula is C20H25ClN2O2. The van der Waals surface area contributed by atoms with Gasteiger partial charge in [-0.15, -0.1) is 0 Å². The minimum atomic E-state index is 0.0466. The number of halogens is 1. The van der Waals surface area contributed by atoms with Gasteiger partial charge in [-0.05, 0) is 61.8 Å². The van der Waals surface area contributed by atoms with Gasteiger partial charge in [0, 0.05) is 42.7 Å². The van der Waals surface area contributed by atoms with E-state index in [2.05, 4.69) is 0 Å². The average molecular weight is 361 g/mol. The molecule has 1 aromatic carbocycles. The van der Waals surface area contributed by atoms with Gasteiger partial charge in [0.05, 0.1) is 0 Å². The van der Waals surface area contributed by atoms with Crippen molar-refractivity contribution in [1.29, 1.82) is 0 Å². The van der Waals surface area contributed by atoms with Crippen molar-refractivity contribution in [2.45, 2.75) is 39.0 Å². The lowest BCUT2D eigenvalue weighted by molar-refractivity contribution is -0.133. The van der Waals surface area contributed by atoms with Crippen LogP contribution in [0.1, 0.15) is 48.0 Å². The van der Waals surface area contributed by atoms with Gasteiger partial charge in [0.15, 0.2) is 0 Å². The maximum absolute atomic E-state index is 12.8. The summed E-state index contributed by atoms with van der Waals surface area (Å²) in [4.78, 5) is 29.5. The fourth-order valence-corrected chi connectivity index (χ4v) is 4.71. The van der Waals surface area contributed by atoms with Gasteiger partial charge in [-0.25, -0.2) is 0 Å². The summed E-state index contributed by atoms with van der Waals surface area (Å²) in [7, 11) is 0. The van der Waals surface area contributed by atoms with Crippen molar-refractivity contribution in [1.82, 2.24) is 9.80 Å². The summed E-state index contributed by atoms with van der Waals surface area (Å²) in [5, 5.41) is 0.649. The lowest BCUT2D eigenvalue weighted by Crippen LogP contribution is -2.39. The molecule has 1 atom stereocenters. The summed E-state index contributed by atoms with van der Waals surface area (Å²) in [5.41, 5.74) is 1.98. The monoisotopic (exact) mass is 360 g/mol. The van der Waals surface area contributed by atoms with E-state index < -0.39 is 0 Å². The number of nitrogens with zero attached hydrogens (tertiary/aromatic N) is 2. The quantitative estimate of drug-likeness (QED) is 0.809. The first kappa shape index (κ1) is 16.9. The fraction of sp³-hybridized carbons (Fsp3) is 0.600. The molecule has 5 heteroatoms. The number of carbonyl (C=O) groups excluding carboxylic acids is 2. The molecule has 1 aliphatic heterocycles. The predicted molar refractivity (Wildman–Crippen MR) is 97.7 cm³/mol. The molecule has 0 N–H and O–H groups in total. The molecule has 2 aliphatic carbocycles. The Labute approximate surface area is 154 Å². The van der Waals surface area contributed by atoms with E-state index in [4.69, 9.17) is 11.6 Å². The van der Waals surface area contributed by atoms with Gasteiger partial charge in [-0.3, -0.25) is 9.59 Å². The molecule has 1 saturated heterocycles. The predicted octanol–water partition coefficient (Wildman–Crippen LogP) is 3.51. The molecule has 0 bridgehead atoms. The van der Waals surface area contributed by atoms with Crippen LogP contribution in [-0.2, 0) is 4.79 Å². The Morgan fingerprint density at radius 2 is 1.80 bits per heavy atom. The van der Waals surface area contributed by atoms with Crippen LogP contribution in [0.3, 0.4) is 0 Å². The summed E-state index contributed by atoms with van der Waals surface area (Å²) in [5.74, 6) is 0.643. The SMILES string of the molecule is Cc1cc(Cl)ccc1C(=O)N1CCCN(C(=O)C2CC23CCC3)CC1. The lowest BCUT2D eigenvalue weighted by Gasteiger charge is -2.28. The minimum absolute atomic E-state index is 0.0466. The molecule has 4 rings (SSSR count). The van der Waals surface area contributed by atoms with Crippen molar-refractivity contribution in [3.8, 4) is 0 Å². The first-order chi connectivity index (χ1) is 12.0. The van der Waals surface area contributed by atoms with E-state index in [0.29, 0.717) is 41.5 Å². The minimum Gasteiger partial charge on any atom is -0.341 e. The van der Waals surface area contributed by atoms with Crippen LogP contribution in [-0.4, -0.2) is 47.8 Å². The highest BCUT2D eigenvalue weighted by atomic mass is 35.5. The van der Waals surface area contributed by atoms with E-state index in [0.717, 1.165) is 24.9 Å². The number of amides is 2. The molecule has 2 amide bonds. The Bertz CT molecular complexity index is 714. The van der Waals surface area contributed by atoms with Gasteiger partial charge >= 0.3 is 0 Å². The highest BCUT2D eigenvalue weighted by Crippen LogP contribution is 2.65. The third kappa shape index (κ3) is 3.05. The summed E-state index contributed by atoms with van der Waals surface area (Å²) in [6, 6.07) is 5.40. The van der Waals surface area contributed by atoms with Crippen molar-refractivity contribution in [3.63, 3.8) is 0 Å². The van der Waals surface area contributed by atoms with Crippen LogP contribution in [0.25, 0.3) is 0 Å². The molecule has 0 radical (unpaired) electrons. The number of benzene rings is 1. The average Bonchev–Trinajstić information content (AvgIpc) is 3.33. The highest BCUT2D eigenvalue weighted by molar-refractivity contribution is 6.30. The number of hydrogen-bond donors (Lipinski definition) is 0. The number of rotatable bonds is 2. The Kier molecular flexibility index (Phi) is 4.27. The zero-order chi connectivity index (χ0) is 17.6. The van der Waals surface area contributed by atoms with E-state index in [1.54, 1.807) is 12.1 Å². The normalized spacial score (nSPS) is 24.6. The molecule has 3 fully saturated rings. The Morgan fingerprint density at radius 1 is 1.08 bits per heavy atom. The zero-order valence-electron chi connectivity index (χ0n) is 14.8. The van der Waals surface area contributed by atoms with Crippen LogP contribution < -0.4 is 0 Å². The van der Waals surface area contributed by atoms with Crippen LogP contribution in [0.5, 0.6) is 0 Å². The molecule has 1 heterocycles. The molecule has 1 aromatic rings. The van der Waals surface area contributed by atoms with Crippen LogP contribution in [0, 0.1) is 18.3 Å². The van der Waals surface area contributed by atoms with E-state index in [1.165, 1.54) is 19.3 Å². The van der Waals surface area contributed by atoms with Crippen molar-refractivity contribution in [2.75, 3.05) is 26.2 Å².